The van der Waals surface area contributed by atoms with Crippen molar-refractivity contribution in [1.29, 1.82) is 0 Å². The van der Waals surface area contributed by atoms with Gasteiger partial charge >= 0.3 is 8.10 Å². The highest BCUT2D eigenvalue weighted by Crippen LogP contribution is 2.45. The summed E-state index contributed by atoms with van der Waals surface area (Å²) in [5.74, 6) is 0. The number of hydrogen-bond acceptors (Lipinski definition) is 1. The quantitative estimate of drug-likeness (QED) is 0.704. The molecule has 0 amide bonds. The maximum Gasteiger partial charge on any atom is 0.538 e. The minimum absolute atomic E-state index is 0.471. The second kappa shape index (κ2) is 5.98. The van der Waals surface area contributed by atoms with Gasteiger partial charge in [-0.05, 0) is 57.9 Å². The van der Waals surface area contributed by atoms with Crippen LogP contribution in [0.2, 0.25) is 0 Å². The van der Waals surface area contributed by atoms with Gasteiger partial charge in [-0.25, -0.2) is 0 Å². The highest BCUT2D eigenvalue weighted by atomic mass is 31.1. The van der Waals surface area contributed by atoms with Gasteiger partial charge in [-0.2, -0.15) is 0 Å². The average molecular weight is 271 g/mol. The summed E-state index contributed by atoms with van der Waals surface area (Å²) in [5, 5.41) is 0. The summed E-state index contributed by atoms with van der Waals surface area (Å²) < 4.78 is 17.6. The Kier molecular flexibility index (Phi) is 4.80. The highest BCUT2D eigenvalue weighted by Gasteiger charge is 2.48. The third-order valence-corrected chi connectivity index (χ3v) is 7.06. The molecule has 2 fully saturated rings. The van der Waals surface area contributed by atoms with Crippen LogP contribution in [0.5, 0.6) is 0 Å². The first-order valence-electron chi connectivity index (χ1n) is 7.56. The molecule has 2 saturated heterocycles. The Morgan fingerprint density at radius 2 is 1.00 bits per heavy atom. The van der Waals surface area contributed by atoms with Gasteiger partial charge in [-0.1, -0.05) is 22.2 Å². The van der Waals surface area contributed by atoms with Crippen LogP contribution < -0.4 is 0 Å². The van der Waals surface area contributed by atoms with E-state index in [9.17, 15) is 4.57 Å². The van der Waals surface area contributed by atoms with Gasteiger partial charge in [-0.15, -0.1) is 0 Å². The van der Waals surface area contributed by atoms with Gasteiger partial charge in [0.1, 0.15) is 0 Å². The summed E-state index contributed by atoms with van der Waals surface area (Å²) in [7, 11) is -1.36. The van der Waals surface area contributed by atoms with Crippen molar-refractivity contribution in [2.45, 2.75) is 90.4 Å². The van der Waals surface area contributed by atoms with Crippen LogP contribution in [0, 0.1) is 0 Å². The summed E-state index contributed by atoms with van der Waals surface area (Å²) in [6.07, 6.45) is 7.36. The molecule has 2 heterocycles. The summed E-state index contributed by atoms with van der Waals surface area (Å²) in [4.78, 5) is 0. The first-order chi connectivity index (χ1) is 8.52. The minimum Gasteiger partial charge on any atom is -0.0734 e. The van der Waals surface area contributed by atoms with Gasteiger partial charge in [-0.3, -0.25) is 0 Å². The molecule has 0 aliphatic carbocycles. The molecule has 0 radical (unpaired) electrons. The van der Waals surface area contributed by atoms with Gasteiger partial charge in [0.15, 0.2) is 0 Å². The van der Waals surface area contributed by atoms with E-state index in [4.69, 9.17) is 0 Å². The Morgan fingerprint density at radius 1 is 0.722 bits per heavy atom. The van der Waals surface area contributed by atoms with E-state index < -0.39 is 8.10 Å². The van der Waals surface area contributed by atoms with Crippen LogP contribution in [0.1, 0.15) is 66.2 Å². The molecule has 4 atom stereocenters. The summed E-state index contributed by atoms with van der Waals surface area (Å²) >= 11 is 0. The molecule has 0 spiro atoms. The SMILES string of the molecule is CC1CCCC(C)N1[P+](=O)N1C(C)CCCC1C. The Labute approximate surface area is 113 Å². The molecule has 104 valence electrons. The topological polar surface area (TPSA) is 23.6 Å². The van der Waals surface area contributed by atoms with Crippen molar-refractivity contribution in [1.82, 2.24) is 9.34 Å². The van der Waals surface area contributed by atoms with E-state index >= 15 is 0 Å². The largest absolute Gasteiger partial charge is 0.538 e. The van der Waals surface area contributed by atoms with E-state index in [0.29, 0.717) is 24.2 Å². The van der Waals surface area contributed by atoms with Crippen molar-refractivity contribution in [3.63, 3.8) is 0 Å². The second-order valence-electron chi connectivity index (χ2n) is 6.27. The first-order valence-corrected chi connectivity index (χ1v) is 8.72. The third kappa shape index (κ3) is 2.79. The molecular formula is C14H28N2OP+. The monoisotopic (exact) mass is 271 g/mol. The fourth-order valence-electron chi connectivity index (χ4n) is 3.61. The van der Waals surface area contributed by atoms with Crippen LogP contribution in [-0.4, -0.2) is 33.5 Å². The standard InChI is InChI=1S/C14H28N2OP/c1-11-7-5-8-12(2)15(11)18(17)16-13(3)9-6-10-14(16)4/h11-14H,5-10H2,1-4H3/q+1. The first kappa shape index (κ1) is 14.4. The van der Waals surface area contributed by atoms with Gasteiger partial charge in [0.25, 0.3) is 0 Å². The summed E-state index contributed by atoms with van der Waals surface area (Å²) in [6, 6.07) is 1.88. The van der Waals surface area contributed by atoms with Crippen molar-refractivity contribution in [3.8, 4) is 0 Å². The molecule has 0 aromatic carbocycles. The molecule has 4 unspecified atom stereocenters. The number of hydrogen-bond donors (Lipinski definition) is 0. The Hall–Kier alpha value is 0.0200. The predicted octanol–water partition coefficient (Wildman–Crippen LogP) is 4.17. The van der Waals surface area contributed by atoms with Crippen molar-refractivity contribution < 1.29 is 4.57 Å². The number of piperidine rings is 2. The van der Waals surface area contributed by atoms with Crippen molar-refractivity contribution >= 4 is 8.10 Å². The zero-order valence-electron chi connectivity index (χ0n) is 12.3. The molecule has 2 aliphatic heterocycles. The van der Waals surface area contributed by atoms with Crippen molar-refractivity contribution in [2.24, 2.45) is 0 Å². The Morgan fingerprint density at radius 3 is 1.28 bits per heavy atom. The molecule has 0 saturated carbocycles. The second-order valence-corrected chi connectivity index (χ2v) is 7.70. The zero-order valence-corrected chi connectivity index (χ0v) is 13.2. The van der Waals surface area contributed by atoms with Crippen molar-refractivity contribution in [3.05, 3.63) is 0 Å². The minimum atomic E-state index is -1.36. The van der Waals surface area contributed by atoms with E-state index in [1.807, 2.05) is 0 Å². The molecule has 2 aliphatic rings. The lowest BCUT2D eigenvalue weighted by Gasteiger charge is -2.36. The molecule has 0 N–H and O–H groups in total. The molecule has 18 heavy (non-hydrogen) atoms. The lowest BCUT2D eigenvalue weighted by atomic mass is 10.0. The normalized spacial score (nSPS) is 40.8. The molecular weight excluding hydrogens is 243 g/mol. The molecule has 3 nitrogen and oxygen atoms in total. The molecule has 0 aromatic heterocycles. The smallest absolute Gasteiger partial charge is 0.0734 e. The van der Waals surface area contributed by atoms with Gasteiger partial charge in [0.2, 0.25) is 0 Å². The molecule has 4 heteroatoms. The lowest BCUT2D eigenvalue weighted by molar-refractivity contribution is 0.153. The average Bonchev–Trinajstić information content (AvgIpc) is 2.28. The van der Waals surface area contributed by atoms with Crippen LogP contribution in [-0.2, 0) is 4.57 Å². The maximum atomic E-state index is 13.0. The number of nitrogens with zero attached hydrogens (tertiary/aromatic N) is 2. The zero-order chi connectivity index (χ0) is 13.3. The van der Waals surface area contributed by atoms with Gasteiger partial charge < -0.3 is 0 Å². The van der Waals surface area contributed by atoms with Crippen molar-refractivity contribution in [2.75, 3.05) is 0 Å². The van der Waals surface area contributed by atoms with Crippen LogP contribution in [0.25, 0.3) is 0 Å². The fourth-order valence-corrected chi connectivity index (χ4v) is 5.66. The highest BCUT2D eigenvalue weighted by molar-refractivity contribution is 7.39. The van der Waals surface area contributed by atoms with E-state index in [1.165, 1.54) is 38.5 Å². The van der Waals surface area contributed by atoms with E-state index in [-0.39, 0.29) is 0 Å². The maximum absolute atomic E-state index is 13.0. The third-order valence-electron chi connectivity index (χ3n) is 4.69. The molecule has 0 aromatic rings. The Balaban J connectivity index is 2.13. The van der Waals surface area contributed by atoms with Crippen LogP contribution in [0.15, 0.2) is 0 Å². The lowest BCUT2D eigenvalue weighted by Crippen LogP contribution is -2.46. The van der Waals surface area contributed by atoms with Crippen LogP contribution in [0.4, 0.5) is 0 Å². The van der Waals surface area contributed by atoms with Crippen LogP contribution in [0.3, 0.4) is 0 Å². The van der Waals surface area contributed by atoms with E-state index in [0.717, 1.165) is 0 Å². The summed E-state index contributed by atoms with van der Waals surface area (Å²) in [6.45, 7) is 8.95. The predicted molar refractivity (Wildman–Crippen MR) is 76.8 cm³/mol. The van der Waals surface area contributed by atoms with E-state index in [1.54, 1.807) is 0 Å². The Bertz CT molecular complexity index is 262. The van der Waals surface area contributed by atoms with Gasteiger partial charge in [0.05, 0.1) is 24.2 Å². The van der Waals surface area contributed by atoms with Gasteiger partial charge in [0, 0.05) is 0 Å². The van der Waals surface area contributed by atoms with Crippen LogP contribution >= 0.6 is 8.10 Å². The summed E-state index contributed by atoms with van der Waals surface area (Å²) in [5.41, 5.74) is 0. The fraction of sp³-hybridized carbons (Fsp3) is 1.00. The van der Waals surface area contributed by atoms with E-state index in [2.05, 4.69) is 37.0 Å². The molecule has 2 rings (SSSR count). The molecule has 0 bridgehead atoms. The number of rotatable bonds is 2.